The number of benzene rings is 2. The molecule has 2 amide bonds. The van der Waals surface area contributed by atoms with Crippen LogP contribution >= 0.6 is 11.3 Å². The number of rotatable bonds is 9. The van der Waals surface area contributed by atoms with E-state index in [9.17, 15) is 9.59 Å². The molecule has 0 fully saturated rings. The lowest BCUT2D eigenvalue weighted by atomic mass is 10.0. The van der Waals surface area contributed by atoms with Crippen molar-refractivity contribution < 1.29 is 14.9 Å². The van der Waals surface area contributed by atoms with E-state index in [0.29, 0.717) is 0 Å². The molecule has 0 saturated carbocycles. The number of carbonyl (C=O) groups excluding carboxylic acids is 2. The number of carbonyl (C=O) groups is 2. The van der Waals surface area contributed by atoms with Crippen molar-refractivity contribution >= 4 is 28.8 Å². The lowest BCUT2D eigenvalue weighted by Crippen LogP contribution is -2.87. The molecule has 0 spiro atoms. The van der Waals surface area contributed by atoms with Crippen molar-refractivity contribution in [1.82, 2.24) is 5.32 Å². The standard InChI is InChI=1S/C24H27N3O2S/c1-3-18-7-4-5-8-20(18)27-23(29)16-25-22(28)15-26-24(21-9-6-14-30-21)19-12-10-17(2)11-13-19/h4-14,24,26H,3,15-16H2,1-2H3,(H,25,28)(H,27,29)/p+1/t24-/m1/s1. The number of hydrogen-bond donors (Lipinski definition) is 3. The third-order valence-corrected chi connectivity index (χ3v) is 5.90. The summed E-state index contributed by atoms with van der Waals surface area (Å²) < 4.78 is 0. The second kappa shape index (κ2) is 10.7. The summed E-state index contributed by atoms with van der Waals surface area (Å²) >= 11 is 1.68. The minimum absolute atomic E-state index is 0.0427. The van der Waals surface area contributed by atoms with Crippen LogP contribution in [-0.2, 0) is 16.0 Å². The van der Waals surface area contributed by atoms with Crippen LogP contribution in [0.1, 0.15) is 34.5 Å². The minimum atomic E-state index is -0.224. The lowest BCUT2D eigenvalue weighted by molar-refractivity contribution is -0.676. The molecule has 0 unspecified atom stereocenters. The second-order valence-electron chi connectivity index (χ2n) is 7.18. The van der Waals surface area contributed by atoms with Gasteiger partial charge in [0, 0.05) is 11.3 Å². The molecule has 0 aliphatic heterocycles. The Morgan fingerprint density at radius 2 is 1.77 bits per heavy atom. The molecule has 0 aliphatic carbocycles. The first-order valence-corrected chi connectivity index (χ1v) is 11.0. The zero-order chi connectivity index (χ0) is 21.3. The van der Waals surface area contributed by atoms with Crippen molar-refractivity contribution in [2.45, 2.75) is 26.3 Å². The normalized spacial score (nSPS) is 11.7. The van der Waals surface area contributed by atoms with Crippen molar-refractivity contribution in [3.05, 3.63) is 87.6 Å². The maximum atomic E-state index is 12.4. The van der Waals surface area contributed by atoms with Gasteiger partial charge in [0.05, 0.1) is 11.4 Å². The molecule has 6 heteroatoms. The average Bonchev–Trinajstić information content (AvgIpc) is 3.28. The molecule has 2 aromatic carbocycles. The van der Waals surface area contributed by atoms with Gasteiger partial charge in [0.25, 0.3) is 5.91 Å². The van der Waals surface area contributed by atoms with E-state index < -0.39 is 0 Å². The first-order chi connectivity index (χ1) is 14.6. The third kappa shape index (κ3) is 6.02. The summed E-state index contributed by atoms with van der Waals surface area (Å²) in [7, 11) is 0. The predicted molar refractivity (Wildman–Crippen MR) is 122 cm³/mol. The van der Waals surface area contributed by atoms with Crippen molar-refractivity contribution in [2.75, 3.05) is 18.4 Å². The summed E-state index contributed by atoms with van der Waals surface area (Å²) in [6, 6.07) is 20.2. The largest absolute Gasteiger partial charge is 0.342 e. The fraction of sp³-hybridized carbons (Fsp3) is 0.250. The zero-order valence-corrected chi connectivity index (χ0v) is 18.2. The van der Waals surface area contributed by atoms with Gasteiger partial charge in [-0.3, -0.25) is 9.59 Å². The summed E-state index contributed by atoms with van der Waals surface area (Å²) in [6.45, 7) is 4.31. The number of amides is 2. The number of hydrogen-bond acceptors (Lipinski definition) is 3. The molecule has 156 valence electrons. The fourth-order valence-electron chi connectivity index (χ4n) is 3.28. The number of nitrogens with one attached hydrogen (secondary N) is 2. The van der Waals surface area contributed by atoms with Gasteiger partial charge in [-0.2, -0.15) is 0 Å². The van der Waals surface area contributed by atoms with Crippen LogP contribution in [0, 0.1) is 6.92 Å². The fourth-order valence-corrected chi connectivity index (χ4v) is 4.13. The molecular weight excluding hydrogens is 394 g/mol. The van der Waals surface area contributed by atoms with Crippen LogP contribution in [0.3, 0.4) is 0 Å². The molecule has 1 atom stereocenters. The molecule has 3 rings (SSSR count). The van der Waals surface area contributed by atoms with Gasteiger partial charge in [-0.25, -0.2) is 0 Å². The highest BCUT2D eigenvalue weighted by Crippen LogP contribution is 2.23. The van der Waals surface area contributed by atoms with Crippen LogP contribution in [0.5, 0.6) is 0 Å². The van der Waals surface area contributed by atoms with Crippen molar-refractivity contribution in [3.63, 3.8) is 0 Å². The van der Waals surface area contributed by atoms with Gasteiger partial charge in [0.1, 0.15) is 6.04 Å². The molecule has 0 radical (unpaired) electrons. The summed E-state index contributed by atoms with van der Waals surface area (Å²) in [4.78, 5) is 25.8. The Kier molecular flexibility index (Phi) is 7.76. The molecule has 0 aliphatic rings. The van der Waals surface area contributed by atoms with Gasteiger partial charge in [-0.15, -0.1) is 11.3 Å². The first-order valence-electron chi connectivity index (χ1n) is 10.1. The van der Waals surface area contributed by atoms with E-state index in [2.05, 4.69) is 47.9 Å². The Morgan fingerprint density at radius 3 is 2.47 bits per heavy atom. The molecule has 5 nitrogen and oxygen atoms in total. The van der Waals surface area contributed by atoms with Crippen LogP contribution in [0.15, 0.2) is 66.0 Å². The Balaban J connectivity index is 1.53. The summed E-state index contributed by atoms with van der Waals surface area (Å²) in [5, 5.41) is 9.65. The van der Waals surface area contributed by atoms with E-state index in [-0.39, 0.29) is 30.9 Å². The van der Waals surface area contributed by atoms with Gasteiger partial charge in [-0.1, -0.05) is 61.0 Å². The van der Waals surface area contributed by atoms with E-state index in [1.807, 2.05) is 48.0 Å². The number of quaternary nitrogens is 1. The first kappa shape index (κ1) is 21.7. The quantitative estimate of drug-likeness (QED) is 0.496. The smallest absolute Gasteiger partial charge is 0.275 e. The van der Waals surface area contributed by atoms with E-state index >= 15 is 0 Å². The molecule has 0 saturated heterocycles. The number of para-hydroxylation sites is 1. The summed E-state index contributed by atoms with van der Waals surface area (Å²) in [5.74, 6) is -0.389. The second-order valence-corrected chi connectivity index (χ2v) is 8.16. The number of nitrogens with two attached hydrogens (primary N) is 1. The zero-order valence-electron chi connectivity index (χ0n) is 17.4. The molecule has 1 heterocycles. The van der Waals surface area contributed by atoms with Gasteiger partial charge in [-0.05, 0) is 36.4 Å². The molecular formula is C24H28N3O2S+. The average molecular weight is 423 g/mol. The molecule has 30 heavy (non-hydrogen) atoms. The Hall–Kier alpha value is -2.96. The lowest BCUT2D eigenvalue weighted by Gasteiger charge is -2.15. The van der Waals surface area contributed by atoms with Crippen molar-refractivity contribution in [1.29, 1.82) is 0 Å². The van der Waals surface area contributed by atoms with E-state index in [4.69, 9.17) is 0 Å². The highest BCUT2D eigenvalue weighted by Gasteiger charge is 2.20. The Morgan fingerprint density at radius 1 is 1.00 bits per heavy atom. The highest BCUT2D eigenvalue weighted by atomic mass is 32.1. The number of thiophene rings is 1. The Bertz CT molecular complexity index is 968. The van der Waals surface area contributed by atoms with Crippen LogP contribution < -0.4 is 16.0 Å². The van der Waals surface area contributed by atoms with Crippen LogP contribution in [0.25, 0.3) is 0 Å². The third-order valence-electron chi connectivity index (χ3n) is 4.94. The van der Waals surface area contributed by atoms with E-state index in [0.717, 1.165) is 23.2 Å². The van der Waals surface area contributed by atoms with Crippen LogP contribution in [0.2, 0.25) is 0 Å². The minimum Gasteiger partial charge on any atom is -0.342 e. The molecule has 0 bridgehead atoms. The van der Waals surface area contributed by atoms with Crippen LogP contribution in [-0.4, -0.2) is 24.9 Å². The molecule has 4 N–H and O–H groups in total. The van der Waals surface area contributed by atoms with E-state index in [1.165, 1.54) is 10.4 Å². The predicted octanol–water partition coefficient (Wildman–Crippen LogP) is 3.03. The SMILES string of the molecule is CCc1ccccc1NC(=O)CNC(=O)C[NH2+][C@H](c1ccc(C)cc1)c1cccs1. The summed E-state index contributed by atoms with van der Waals surface area (Å²) in [5.41, 5.74) is 4.23. The van der Waals surface area contributed by atoms with E-state index in [1.54, 1.807) is 11.3 Å². The molecule has 1 aromatic heterocycles. The van der Waals surface area contributed by atoms with Gasteiger partial charge < -0.3 is 16.0 Å². The van der Waals surface area contributed by atoms with Crippen molar-refractivity contribution in [3.8, 4) is 0 Å². The maximum absolute atomic E-state index is 12.4. The van der Waals surface area contributed by atoms with Gasteiger partial charge in [0.2, 0.25) is 5.91 Å². The number of aryl methyl sites for hydroxylation is 2. The van der Waals surface area contributed by atoms with Crippen molar-refractivity contribution in [2.24, 2.45) is 0 Å². The topological polar surface area (TPSA) is 74.8 Å². The molecule has 3 aromatic rings. The highest BCUT2D eigenvalue weighted by molar-refractivity contribution is 7.10. The number of anilines is 1. The Labute approximate surface area is 181 Å². The van der Waals surface area contributed by atoms with Crippen LogP contribution in [0.4, 0.5) is 5.69 Å². The maximum Gasteiger partial charge on any atom is 0.275 e. The van der Waals surface area contributed by atoms with Gasteiger partial charge in [0.15, 0.2) is 6.54 Å². The monoisotopic (exact) mass is 422 g/mol. The summed E-state index contributed by atoms with van der Waals surface area (Å²) in [6.07, 6.45) is 0.834. The van der Waals surface area contributed by atoms with Gasteiger partial charge >= 0.3 is 0 Å².